The van der Waals surface area contributed by atoms with Crippen molar-refractivity contribution < 1.29 is 0 Å². The third kappa shape index (κ3) is 0.783. The van der Waals surface area contributed by atoms with Crippen LogP contribution in [0.2, 0.25) is 0 Å². The Morgan fingerprint density at radius 3 is 3.25 bits per heavy atom. The highest BCUT2D eigenvalue weighted by atomic mass is 79.9. The van der Waals surface area contributed by atoms with Crippen LogP contribution in [0.3, 0.4) is 0 Å². The van der Waals surface area contributed by atoms with Crippen LogP contribution in [-0.2, 0) is 13.0 Å². The van der Waals surface area contributed by atoms with Crippen molar-refractivity contribution in [2.75, 3.05) is 0 Å². The summed E-state index contributed by atoms with van der Waals surface area (Å²) >= 11 is 3.57. The van der Waals surface area contributed by atoms with Gasteiger partial charge in [-0.3, -0.25) is 0 Å². The Hall–Kier alpha value is -0.280. The molecule has 0 radical (unpaired) electrons. The maximum atomic E-state index is 3.57. The summed E-state index contributed by atoms with van der Waals surface area (Å²) in [5, 5.41) is 3.53. The van der Waals surface area contributed by atoms with Crippen LogP contribution in [0.1, 0.15) is 35.7 Å². The highest BCUT2D eigenvalue weighted by Gasteiger charge is 2.31. The molecule has 3 rings (SSSR count). The molecule has 0 spiro atoms. The molecule has 12 heavy (non-hydrogen) atoms. The maximum Gasteiger partial charge on any atom is 0.0871 e. The second-order valence-electron chi connectivity index (χ2n) is 3.64. The van der Waals surface area contributed by atoms with Crippen molar-refractivity contribution >= 4 is 15.9 Å². The average molecular weight is 227 g/mol. The number of H-pyrrole nitrogens is 1. The third-order valence-electron chi connectivity index (χ3n) is 2.97. The molecule has 0 fully saturated rings. The first-order valence-electron chi connectivity index (χ1n) is 4.49. The number of aromatic nitrogens is 1. The van der Waals surface area contributed by atoms with Crippen LogP contribution < -0.4 is 5.32 Å². The van der Waals surface area contributed by atoms with Crippen LogP contribution in [0, 0.1) is 0 Å². The summed E-state index contributed by atoms with van der Waals surface area (Å²) in [4.78, 5) is 3.42. The molecule has 1 atom stereocenters. The highest BCUT2D eigenvalue weighted by molar-refractivity contribution is 9.10. The molecule has 64 valence electrons. The van der Waals surface area contributed by atoms with Gasteiger partial charge < -0.3 is 10.3 Å². The van der Waals surface area contributed by atoms with E-state index in [1.54, 1.807) is 5.56 Å². The van der Waals surface area contributed by atoms with Gasteiger partial charge in [0.25, 0.3) is 0 Å². The number of hydrogen-bond acceptors (Lipinski definition) is 1. The Balaban J connectivity index is 2.24. The monoisotopic (exact) mass is 226 g/mol. The lowest BCUT2D eigenvalue weighted by Gasteiger charge is -2.18. The number of halogens is 1. The van der Waals surface area contributed by atoms with E-state index < -0.39 is 0 Å². The van der Waals surface area contributed by atoms with E-state index in [-0.39, 0.29) is 0 Å². The Kier molecular flexibility index (Phi) is 1.41. The van der Waals surface area contributed by atoms with E-state index in [9.17, 15) is 0 Å². The van der Waals surface area contributed by atoms with E-state index in [2.05, 4.69) is 26.2 Å². The molecule has 0 bridgehead atoms. The van der Waals surface area contributed by atoms with E-state index >= 15 is 0 Å². The van der Waals surface area contributed by atoms with Crippen LogP contribution in [-0.4, -0.2) is 4.98 Å². The predicted molar refractivity (Wildman–Crippen MR) is 51.0 cm³/mol. The molecular formula is C9H11BrN2. The molecule has 0 amide bonds. The van der Waals surface area contributed by atoms with Crippen molar-refractivity contribution in [3.8, 4) is 0 Å². The normalized spacial score (nSPS) is 25.9. The largest absolute Gasteiger partial charge is 0.353 e. The van der Waals surface area contributed by atoms with Gasteiger partial charge in [-0.1, -0.05) is 0 Å². The molecule has 2 N–H and O–H groups in total. The number of nitrogens with one attached hydrogen (secondary N) is 2. The molecule has 2 aliphatic rings. The lowest BCUT2D eigenvalue weighted by molar-refractivity contribution is 0.491. The topological polar surface area (TPSA) is 27.8 Å². The first-order chi connectivity index (χ1) is 5.86. The summed E-state index contributed by atoms with van der Waals surface area (Å²) in [7, 11) is 0. The van der Waals surface area contributed by atoms with E-state index in [1.807, 2.05) is 0 Å². The minimum atomic E-state index is 0.645. The summed E-state index contributed by atoms with van der Waals surface area (Å²) in [5.41, 5.74) is 4.49. The number of aryl methyl sites for hydroxylation is 1. The molecule has 2 heterocycles. The summed E-state index contributed by atoms with van der Waals surface area (Å²) in [6, 6.07) is 0.645. The number of aromatic amines is 1. The van der Waals surface area contributed by atoms with Crippen LogP contribution in [0.4, 0.5) is 0 Å². The van der Waals surface area contributed by atoms with Gasteiger partial charge in [0.15, 0.2) is 0 Å². The van der Waals surface area contributed by atoms with Crippen molar-refractivity contribution in [2.24, 2.45) is 0 Å². The minimum Gasteiger partial charge on any atom is -0.353 e. The highest BCUT2D eigenvalue weighted by Crippen LogP contribution is 2.39. The second kappa shape index (κ2) is 2.36. The lowest BCUT2D eigenvalue weighted by Crippen LogP contribution is -2.17. The molecule has 0 saturated heterocycles. The van der Waals surface area contributed by atoms with Gasteiger partial charge in [0.2, 0.25) is 0 Å². The van der Waals surface area contributed by atoms with Crippen LogP contribution >= 0.6 is 15.9 Å². The fourth-order valence-corrected chi connectivity index (χ4v) is 3.02. The zero-order chi connectivity index (χ0) is 8.13. The van der Waals surface area contributed by atoms with Crippen molar-refractivity contribution in [3.05, 3.63) is 21.4 Å². The van der Waals surface area contributed by atoms with Gasteiger partial charge in [-0.15, -0.1) is 0 Å². The zero-order valence-corrected chi connectivity index (χ0v) is 8.37. The lowest BCUT2D eigenvalue weighted by atomic mass is 9.93. The molecule has 1 aromatic rings. The fraction of sp³-hybridized carbons (Fsp3) is 0.556. The predicted octanol–water partition coefficient (Wildman–Crippen LogP) is 2.26. The maximum absolute atomic E-state index is 3.57. The van der Waals surface area contributed by atoms with Crippen molar-refractivity contribution in [1.82, 2.24) is 10.3 Å². The van der Waals surface area contributed by atoms with Crippen molar-refractivity contribution in [3.63, 3.8) is 0 Å². The molecule has 0 saturated carbocycles. The van der Waals surface area contributed by atoms with Crippen LogP contribution in [0.25, 0.3) is 0 Å². The first kappa shape index (κ1) is 7.15. The van der Waals surface area contributed by atoms with Crippen LogP contribution in [0.5, 0.6) is 0 Å². The molecule has 1 aliphatic heterocycles. The Morgan fingerprint density at radius 1 is 1.42 bits per heavy atom. The van der Waals surface area contributed by atoms with Gasteiger partial charge in [-0.25, -0.2) is 0 Å². The van der Waals surface area contributed by atoms with Gasteiger partial charge >= 0.3 is 0 Å². The Morgan fingerprint density at radius 2 is 2.33 bits per heavy atom. The molecular weight excluding hydrogens is 216 g/mol. The summed E-state index contributed by atoms with van der Waals surface area (Å²) in [6.07, 6.45) is 3.85. The quantitative estimate of drug-likeness (QED) is 0.699. The SMILES string of the molecule is Brc1[nH]c2c3c1CNC3CCC2. The second-order valence-corrected chi connectivity index (χ2v) is 4.43. The molecule has 1 aliphatic carbocycles. The van der Waals surface area contributed by atoms with E-state index in [0.29, 0.717) is 6.04 Å². The standard InChI is InChI=1S/C9H11BrN2/c10-9-5-4-11-6-2-1-3-7(12-9)8(5)6/h6,11-12H,1-4H2. The fourth-order valence-electron chi connectivity index (χ4n) is 2.42. The minimum absolute atomic E-state index is 0.645. The Labute approximate surface area is 79.9 Å². The summed E-state index contributed by atoms with van der Waals surface area (Å²) < 4.78 is 1.20. The molecule has 1 aromatic heterocycles. The van der Waals surface area contributed by atoms with E-state index in [0.717, 1.165) is 6.54 Å². The van der Waals surface area contributed by atoms with Crippen molar-refractivity contribution in [2.45, 2.75) is 31.8 Å². The van der Waals surface area contributed by atoms with Gasteiger partial charge in [0.1, 0.15) is 0 Å². The summed E-state index contributed by atoms with van der Waals surface area (Å²) in [5.74, 6) is 0. The van der Waals surface area contributed by atoms with E-state index in [1.165, 1.54) is 35.1 Å². The van der Waals surface area contributed by atoms with Crippen LogP contribution in [0.15, 0.2) is 4.60 Å². The van der Waals surface area contributed by atoms with Gasteiger partial charge in [-0.2, -0.15) is 0 Å². The van der Waals surface area contributed by atoms with Crippen molar-refractivity contribution in [1.29, 1.82) is 0 Å². The zero-order valence-electron chi connectivity index (χ0n) is 6.78. The molecule has 2 nitrogen and oxygen atoms in total. The van der Waals surface area contributed by atoms with Gasteiger partial charge in [0.05, 0.1) is 4.60 Å². The summed E-state index contributed by atoms with van der Waals surface area (Å²) in [6.45, 7) is 1.04. The number of hydrogen-bond donors (Lipinski definition) is 2. The Bertz CT molecular complexity index is 330. The molecule has 3 heteroatoms. The van der Waals surface area contributed by atoms with Gasteiger partial charge in [0, 0.05) is 23.8 Å². The first-order valence-corrected chi connectivity index (χ1v) is 5.28. The smallest absolute Gasteiger partial charge is 0.0871 e. The average Bonchev–Trinajstić information content (AvgIpc) is 2.60. The van der Waals surface area contributed by atoms with E-state index in [4.69, 9.17) is 0 Å². The van der Waals surface area contributed by atoms with Gasteiger partial charge in [-0.05, 0) is 40.8 Å². The third-order valence-corrected chi connectivity index (χ3v) is 3.65. The number of rotatable bonds is 0. The molecule has 1 unspecified atom stereocenters. The molecule has 0 aromatic carbocycles.